The first-order chi connectivity index (χ1) is 40.5. The molecule has 1 unspecified atom stereocenters. The van der Waals surface area contributed by atoms with E-state index in [9.17, 15) is 14.4 Å². The van der Waals surface area contributed by atoms with Gasteiger partial charge in [0.25, 0.3) is 0 Å². The van der Waals surface area contributed by atoms with Crippen molar-refractivity contribution in [1.29, 1.82) is 0 Å². The van der Waals surface area contributed by atoms with Crippen LogP contribution in [0.2, 0.25) is 0 Å². The Hall–Kier alpha value is -4.45. The average Bonchev–Trinajstić information content (AvgIpc) is 3.47. The Kier molecular flexibility index (Phi) is 65.3. The molecule has 6 nitrogen and oxygen atoms in total. The third-order valence-corrected chi connectivity index (χ3v) is 14.4. The van der Waals surface area contributed by atoms with E-state index in [2.05, 4.69) is 154 Å². The molecule has 466 valence electrons. The summed E-state index contributed by atoms with van der Waals surface area (Å²) in [6.45, 7) is 6.48. The number of allylic oxidation sites excluding steroid dienone is 22. The Morgan fingerprint density at radius 3 is 0.793 bits per heavy atom. The van der Waals surface area contributed by atoms with E-state index in [1.165, 1.54) is 135 Å². The molecule has 0 heterocycles. The van der Waals surface area contributed by atoms with E-state index in [0.717, 1.165) is 128 Å². The summed E-state index contributed by atoms with van der Waals surface area (Å²) in [5, 5.41) is 0. The van der Waals surface area contributed by atoms with Crippen LogP contribution in [-0.4, -0.2) is 37.2 Å². The third kappa shape index (κ3) is 66.4. The maximum absolute atomic E-state index is 12.9. The van der Waals surface area contributed by atoms with E-state index in [4.69, 9.17) is 14.2 Å². The highest BCUT2D eigenvalue weighted by Gasteiger charge is 2.19. The van der Waals surface area contributed by atoms with Crippen molar-refractivity contribution in [3.63, 3.8) is 0 Å². The first kappa shape index (κ1) is 77.5. The summed E-state index contributed by atoms with van der Waals surface area (Å²) in [5.74, 6) is -0.949. The normalized spacial score (nSPS) is 13.0. The van der Waals surface area contributed by atoms with Crippen LogP contribution in [0.3, 0.4) is 0 Å². The van der Waals surface area contributed by atoms with Crippen LogP contribution < -0.4 is 0 Å². The summed E-state index contributed by atoms with van der Waals surface area (Å²) in [5.41, 5.74) is 0. The van der Waals surface area contributed by atoms with Crippen LogP contribution in [0.25, 0.3) is 0 Å². The molecule has 0 amide bonds. The molecule has 0 fully saturated rings. The van der Waals surface area contributed by atoms with Gasteiger partial charge in [-0.05, 0) is 122 Å². The van der Waals surface area contributed by atoms with Gasteiger partial charge < -0.3 is 14.2 Å². The number of ether oxygens (including phenoxy) is 3. The molecule has 82 heavy (non-hydrogen) atoms. The van der Waals surface area contributed by atoms with Crippen LogP contribution in [0.4, 0.5) is 0 Å². The molecule has 0 saturated heterocycles. The van der Waals surface area contributed by atoms with E-state index in [-0.39, 0.29) is 31.1 Å². The number of hydrogen-bond acceptors (Lipinski definition) is 6. The van der Waals surface area contributed by atoms with E-state index in [1.54, 1.807) is 0 Å². The number of carbonyl (C=O) groups excluding carboxylic acids is 3. The van der Waals surface area contributed by atoms with Gasteiger partial charge in [0, 0.05) is 19.3 Å². The second-order valence-electron chi connectivity index (χ2n) is 22.4. The maximum atomic E-state index is 12.9. The van der Waals surface area contributed by atoms with Gasteiger partial charge in [-0.15, -0.1) is 0 Å². The summed E-state index contributed by atoms with van der Waals surface area (Å²) < 4.78 is 16.9. The predicted molar refractivity (Wildman–Crippen MR) is 357 cm³/mol. The predicted octanol–water partition coefficient (Wildman–Crippen LogP) is 23.7. The summed E-state index contributed by atoms with van der Waals surface area (Å²) in [6, 6.07) is 0. The highest BCUT2D eigenvalue weighted by Crippen LogP contribution is 2.16. The smallest absolute Gasteiger partial charge is 0.306 e. The van der Waals surface area contributed by atoms with Crippen molar-refractivity contribution < 1.29 is 28.6 Å². The lowest BCUT2D eigenvalue weighted by molar-refractivity contribution is -0.167. The zero-order valence-corrected chi connectivity index (χ0v) is 53.5. The van der Waals surface area contributed by atoms with E-state index >= 15 is 0 Å². The highest BCUT2D eigenvalue weighted by atomic mass is 16.6. The van der Waals surface area contributed by atoms with Gasteiger partial charge in [-0.25, -0.2) is 0 Å². The van der Waals surface area contributed by atoms with E-state index in [0.29, 0.717) is 25.7 Å². The molecule has 0 aromatic heterocycles. The molecule has 0 saturated carbocycles. The number of carbonyl (C=O) groups is 3. The number of esters is 3. The lowest BCUT2D eigenvalue weighted by Crippen LogP contribution is -2.30. The van der Waals surface area contributed by atoms with Crippen molar-refractivity contribution in [1.82, 2.24) is 0 Å². The molecule has 0 rings (SSSR count). The van der Waals surface area contributed by atoms with Crippen LogP contribution in [-0.2, 0) is 28.6 Å². The zero-order valence-electron chi connectivity index (χ0n) is 53.5. The topological polar surface area (TPSA) is 78.9 Å². The van der Waals surface area contributed by atoms with Crippen molar-refractivity contribution in [3.8, 4) is 0 Å². The Morgan fingerprint density at radius 1 is 0.256 bits per heavy atom. The summed E-state index contributed by atoms with van der Waals surface area (Å²) >= 11 is 0. The second-order valence-corrected chi connectivity index (χ2v) is 22.4. The van der Waals surface area contributed by atoms with Gasteiger partial charge >= 0.3 is 17.9 Å². The molecule has 1 atom stereocenters. The number of unbranched alkanes of at least 4 members (excludes halogenated alkanes) is 28. The fraction of sp³-hybridized carbons (Fsp3) is 0.671. The third-order valence-electron chi connectivity index (χ3n) is 14.4. The minimum Gasteiger partial charge on any atom is -0.462 e. The molecule has 0 bridgehead atoms. The molecule has 0 aromatic carbocycles. The largest absolute Gasteiger partial charge is 0.462 e. The van der Waals surface area contributed by atoms with E-state index in [1.807, 2.05) is 0 Å². The van der Waals surface area contributed by atoms with Gasteiger partial charge in [0.1, 0.15) is 13.2 Å². The van der Waals surface area contributed by atoms with Crippen molar-refractivity contribution in [2.24, 2.45) is 0 Å². The lowest BCUT2D eigenvalue weighted by atomic mass is 10.0. The Labute approximate surface area is 506 Å². The quantitative estimate of drug-likeness (QED) is 0.0261. The molecular weight excluding hydrogens is 1010 g/mol. The van der Waals surface area contributed by atoms with Crippen LogP contribution >= 0.6 is 0 Å². The molecule has 6 heteroatoms. The number of rotatable bonds is 61. The molecule has 0 aliphatic rings. The van der Waals surface area contributed by atoms with Crippen molar-refractivity contribution in [2.75, 3.05) is 13.2 Å². The van der Waals surface area contributed by atoms with Gasteiger partial charge in [0.05, 0.1) is 0 Å². The standard InChI is InChI=1S/C76H126O6/c1-4-7-10-13-16-19-22-25-28-31-34-35-36-37-38-39-40-41-43-45-48-51-54-57-60-63-66-69-75(78)81-72-73(71-80-74(77)68-65-62-59-56-53-50-47-44-33-30-27-24-21-18-15-12-9-6-3)82-76(79)70-67-64-61-58-55-52-49-46-42-32-29-26-23-20-17-14-11-8-5-2/h7,10,16-17,19-20,25-26,28-29,34-35,37-38,40-42,45-46,48,54,57,73H,4-6,8-9,11-15,18,21-24,27,30-33,36,39,43-44,47,49-53,55-56,58-72H2,1-3H3/b10-7-,19-16-,20-17-,28-25-,29-26-,35-34-,38-37-,41-40-,46-42-,48-45-,57-54-. The molecule has 0 N–H and O–H groups in total. The Balaban J connectivity index is 4.48. The van der Waals surface area contributed by atoms with Crippen molar-refractivity contribution >= 4 is 17.9 Å². The lowest BCUT2D eigenvalue weighted by Gasteiger charge is -2.18. The van der Waals surface area contributed by atoms with Crippen LogP contribution in [0.5, 0.6) is 0 Å². The Morgan fingerprint density at radius 2 is 0.476 bits per heavy atom. The summed E-state index contributed by atoms with van der Waals surface area (Å²) in [6.07, 6.45) is 97.4. The maximum Gasteiger partial charge on any atom is 0.306 e. The number of hydrogen-bond donors (Lipinski definition) is 0. The van der Waals surface area contributed by atoms with E-state index < -0.39 is 6.10 Å². The minimum absolute atomic E-state index is 0.0984. The summed E-state index contributed by atoms with van der Waals surface area (Å²) in [4.78, 5) is 38.4. The zero-order chi connectivity index (χ0) is 59.2. The monoisotopic (exact) mass is 1130 g/mol. The average molecular weight is 1140 g/mol. The van der Waals surface area contributed by atoms with Crippen LogP contribution in [0.15, 0.2) is 134 Å². The van der Waals surface area contributed by atoms with Crippen molar-refractivity contribution in [3.05, 3.63) is 134 Å². The Bertz CT molecular complexity index is 1730. The first-order valence-electron chi connectivity index (χ1n) is 34.2. The fourth-order valence-corrected chi connectivity index (χ4v) is 9.29. The first-order valence-corrected chi connectivity index (χ1v) is 34.2. The molecular formula is C76H126O6. The molecule has 0 aliphatic heterocycles. The SMILES string of the molecule is CC/C=C\C/C=C\C/C=C\C/C=C\C/C=C\C/C=C\C/C=C\C/C=C\CCCCC(=O)OCC(COC(=O)CCCCCCCCCCCCCCCCCCCC)OC(=O)CCCCCCCC/C=C\C/C=C\C/C=C\CCCCC. The summed E-state index contributed by atoms with van der Waals surface area (Å²) in [7, 11) is 0. The fourth-order valence-electron chi connectivity index (χ4n) is 9.29. The van der Waals surface area contributed by atoms with Gasteiger partial charge in [0.2, 0.25) is 0 Å². The van der Waals surface area contributed by atoms with Gasteiger partial charge in [-0.3, -0.25) is 14.4 Å². The molecule has 0 radical (unpaired) electrons. The van der Waals surface area contributed by atoms with Crippen LogP contribution in [0, 0.1) is 0 Å². The van der Waals surface area contributed by atoms with Gasteiger partial charge in [-0.1, -0.05) is 302 Å². The van der Waals surface area contributed by atoms with Gasteiger partial charge in [0.15, 0.2) is 6.10 Å². The van der Waals surface area contributed by atoms with Crippen molar-refractivity contribution in [2.45, 2.75) is 316 Å². The second kappa shape index (κ2) is 69.0. The molecule has 0 aromatic rings. The minimum atomic E-state index is -0.809. The highest BCUT2D eigenvalue weighted by molar-refractivity contribution is 5.71. The van der Waals surface area contributed by atoms with Crippen LogP contribution in [0.1, 0.15) is 310 Å². The molecule has 0 spiro atoms. The van der Waals surface area contributed by atoms with Gasteiger partial charge in [-0.2, -0.15) is 0 Å². The molecule has 0 aliphatic carbocycles.